The Labute approximate surface area is 158 Å². The molecule has 1 atom stereocenters. The number of hydrogen-bond acceptors (Lipinski definition) is 5. The Balaban J connectivity index is 1.56. The molecule has 1 aliphatic rings. The van der Waals surface area contributed by atoms with Gasteiger partial charge in [-0.3, -0.25) is 4.79 Å². The molecule has 2 heterocycles. The number of rotatable bonds is 4. The van der Waals surface area contributed by atoms with E-state index in [1.807, 2.05) is 54.6 Å². The minimum Gasteiger partial charge on any atom is -0.478 e. The van der Waals surface area contributed by atoms with Crippen LogP contribution in [0.15, 0.2) is 54.6 Å². The number of nitrogens with one attached hydrogen (secondary N) is 1. The average molecular weight is 362 g/mol. The topological polar surface area (TPSA) is 67.4 Å². The zero-order valence-electron chi connectivity index (χ0n) is 15.3. The van der Waals surface area contributed by atoms with Gasteiger partial charge in [0.2, 0.25) is 5.91 Å². The van der Waals surface area contributed by atoms with Crippen molar-refractivity contribution in [1.29, 1.82) is 0 Å². The van der Waals surface area contributed by atoms with Crippen LogP contribution >= 0.6 is 0 Å². The second kappa shape index (κ2) is 7.61. The van der Waals surface area contributed by atoms with Crippen molar-refractivity contribution in [2.24, 2.45) is 5.92 Å². The molecule has 0 aliphatic carbocycles. The lowest BCUT2D eigenvalue weighted by Crippen LogP contribution is -2.41. The molecule has 2 aromatic carbocycles. The SMILES string of the molecule is COc1nc2ccccc2nc1N1CCCC(C(=O)Nc2ccccc2)C1. The monoisotopic (exact) mass is 362 g/mol. The maximum absolute atomic E-state index is 12.7. The van der Waals surface area contributed by atoms with E-state index in [-0.39, 0.29) is 11.8 Å². The predicted octanol–water partition coefficient (Wildman–Crippen LogP) is 3.49. The zero-order valence-corrected chi connectivity index (χ0v) is 15.3. The standard InChI is InChI=1S/C21H22N4O2/c1-27-21-19(23-17-11-5-6-12-18(17)24-21)25-13-7-8-15(14-25)20(26)22-16-9-3-2-4-10-16/h2-6,9-12,15H,7-8,13-14H2,1H3,(H,22,26). The van der Waals surface area contributed by atoms with Crippen molar-refractivity contribution in [2.45, 2.75) is 12.8 Å². The number of amides is 1. The van der Waals surface area contributed by atoms with Crippen LogP contribution in [0.4, 0.5) is 11.5 Å². The van der Waals surface area contributed by atoms with Gasteiger partial charge in [-0.05, 0) is 37.1 Å². The smallest absolute Gasteiger partial charge is 0.257 e. The number of piperidine rings is 1. The molecule has 1 aliphatic heterocycles. The Morgan fingerprint density at radius 3 is 2.52 bits per heavy atom. The largest absolute Gasteiger partial charge is 0.478 e. The molecule has 4 rings (SSSR count). The minimum atomic E-state index is -0.100. The molecule has 0 spiro atoms. The van der Waals surface area contributed by atoms with Gasteiger partial charge < -0.3 is 15.0 Å². The molecule has 3 aromatic rings. The first-order valence-electron chi connectivity index (χ1n) is 9.16. The third-order valence-corrected chi connectivity index (χ3v) is 4.85. The Morgan fingerprint density at radius 1 is 1.07 bits per heavy atom. The first-order chi connectivity index (χ1) is 13.2. The number of benzene rings is 2. The van der Waals surface area contributed by atoms with Gasteiger partial charge in [0.1, 0.15) is 0 Å². The maximum Gasteiger partial charge on any atom is 0.257 e. The average Bonchev–Trinajstić information content (AvgIpc) is 2.73. The predicted molar refractivity (Wildman–Crippen MR) is 106 cm³/mol. The highest BCUT2D eigenvalue weighted by atomic mass is 16.5. The molecular weight excluding hydrogens is 340 g/mol. The highest BCUT2D eigenvalue weighted by Gasteiger charge is 2.28. The quantitative estimate of drug-likeness (QED) is 0.769. The molecule has 0 radical (unpaired) electrons. The van der Waals surface area contributed by atoms with Crippen LogP contribution in [0.3, 0.4) is 0 Å². The van der Waals surface area contributed by atoms with Crippen molar-refractivity contribution >= 4 is 28.4 Å². The normalized spacial score (nSPS) is 16.9. The Kier molecular flexibility index (Phi) is 4.87. The van der Waals surface area contributed by atoms with Crippen LogP contribution in [0.1, 0.15) is 12.8 Å². The van der Waals surface area contributed by atoms with Gasteiger partial charge in [0, 0.05) is 18.8 Å². The van der Waals surface area contributed by atoms with Crippen molar-refractivity contribution in [1.82, 2.24) is 9.97 Å². The van der Waals surface area contributed by atoms with Crippen LogP contribution in [-0.4, -0.2) is 36.1 Å². The second-order valence-electron chi connectivity index (χ2n) is 6.69. The van der Waals surface area contributed by atoms with E-state index in [0.717, 1.165) is 36.1 Å². The second-order valence-corrected chi connectivity index (χ2v) is 6.69. The highest BCUT2D eigenvalue weighted by molar-refractivity contribution is 5.93. The Hall–Kier alpha value is -3.15. The molecule has 1 aromatic heterocycles. The van der Waals surface area contributed by atoms with Gasteiger partial charge in [-0.1, -0.05) is 30.3 Å². The van der Waals surface area contributed by atoms with Crippen molar-refractivity contribution < 1.29 is 9.53 Å². The molecule has 1 saturated heterocycles. The summed E-state index contributed by atoms with van der Waals surface area (Å²) in [5.74, 6) is 1.14. The van der Waals surface area contributed by atoms with Crippen LogP contribution in [-0.2, 0) is 4.79 Å². The highest BCUT2D eigenvalue weighted by Crippen LogP contribution is 2.30. The number of para-hydroxylation sites is 3. The van der Waals surface area contributed by atoms with Crippen LogP contribution in [0.25, 0.3) is 11.0 Å². The van der Waals surface area contributed by atoms with Crippen molar-refractivity contribution in [3.63, 3.8) is 0 Å². The number of fused-ring (bicyclic) bond motifs is 1. The van der Waals surface area contributed by atoms with E-state index < -0.39 is 0 Å². The van der Waals surface area contributed by atoms with E-state index in [4.69, 9.17) is 9.72 Å². The van der Waals surface area contributed by atoms with E-state index in [1.165, 1.54) is 0 Å². The molecule has 1 amide bonds. The van der Waals surface area contributed by atoms with Gasteiger partial charge >= 0.3 is 0 Å². The lowest BCUT2D eigenvalue weighted by Gasteiger charge is -2.33. The number of carbonyl (C=O) groups excluding carboxylic acids is 1. The first-order valence-corrected chi connectivity index (χ1v) is 9.16. The lowest BCUT2D eigenvalue weighted by molar-refractivity contribution is -0.120. The number of carbonyl (C=O) groups is 1. The van der Waals surface area contributed by atoms with Crippen LogP contribution in [0.2, 0.25) is 0 Å². The molecule has 0 saturated carbocycles. The van der Waals surface area contributed by atoms with Gasteiger partial charge in [-0.2, -0.15) is 0 Å². The molecule has 6 heteroatoms. The Morgan fingerprint density at radius 2 is 1.78 bits per heavy atom. The summed E-state index contributed by atoms with van der Waals surface area (Å²) in [4.78, 5) is 24.1. The molecule has 1 unspecified atom stereocenters. The fourth-order valence-electron chi connectivity index (χ4n) is 3.47. The summed E-state index contributed by atoms with van der Waals surface area (Å²) in [5, 5.41) is 3.01. The number of aromatic nitrogens is 2. The molecule has 27 heavy (non-hydrogen) atoms. The summed E-state index contributed by atoms with van der Waals surface area (Å²) in [7, 11) is 1.60. The summed E-state index contributed by atoms with van der Waals surface area (Å²) >= 11 is 0. The maximum atomic E-state index is 12.7. The van der Waals surface area contributed by atoms with Gasteiger partial charge in [-0.15, -0.1) is 0 Å². The summed E-state index contributed by atoms with van der Waals surface area (Å²) in [6, 6.07) is 17.3. The third kappa shape index (κ3) is 3.69. The summed E-state index contributed by atoms with van der Waals surface area (Å²) < 4.78 is 5.48. The van der Waals surface area contributed by atoms with E-state index >= 15 is 0 Å². The molecule has 6 nitrogen and oxygen atoms in total. The van der Waals surface area contributed by atoms with Crippen molar-refractivity contribution in [2.75, 3.05) is 30.4 Å². The number of ether oxygens (including phenoxy) is 1. The zero-order chi connectivity index (χ0) is 18.6. The number of hydrogen-bond donors (Lipinski definition) is 1. The van der Waals surface area contributed by atoms with Gasteiger partial charge in [-0.25, -0.2) is 9.97 Å². The molecule has 138 valence electrons. The number of anilines is 2. The van der Waals surface area contributed by atoms with Crippen LogP contribution < -0.4 is 15.0 Å². The van der Waals surface area contributed by atoms with Gasteiger partial charge in [0.05, 0.1) is 24.1 Å². The minimum absolute atomic E-state index is 0.0404. The van der Waals surface area contributed by atoms with Crippen LogP contribution in [0, 0.1) is 5.92 Å². The van der Waals surface area contributed by atoms with E-state index in [0.29, 0.717) is 18.2 Å². The van der Waals surface area contributed by atoms with Crippen LogP contribution in [0.5, 0.6) is 5.88 Å². The van der Waals surface area contributed by atoms with E-state index in [9.17, 15) is 4.79 Å². The van der Waals surface area contributed by atoms with Gasteiger partial charge in [0.15, 0.2) is 5.82 Å². The fraction of sp³-hybridized carbons (Fsp3) is 0.286. The number of nitrogens with zero attached hydrogens (tertiary/aromatic N) is 3. The summed E-state index contributed by atoms with van der Waals surface area (Å²) in [6.45, 7) is 1.43. The first kappa shape index (κ1) is 17.3. The molecule has 1 fully saturated rings. The third-order valence-electron chi connectivity index (χ3n) is 4.85. The molecule has 0 bridgehead atoms. The summed E-state index contributed by atoms with van der Waals surface area (Å²) in [6.07, 6.45) is 1.78. The van der Waals surface area contributed by atoms with E-state index in [2.05, 4.69) is 15.2 Å². The Bertz CT molecular complexity index is 945. The van der Waals surface area contributed by atoms with Crippen molar-refractivity contribution in [3.8, 4) is 5.88 Å². The van der Waals surface area contributed by atoms with Gasteiger partial charge in [0.25, 0.3) is 5.88 Å². The molecular formula is C21H22N4O2. The van der Waals surface area contributed by atoms with E-state index in [1.54, 1.807) is 7.11 Å². The summed E-state index contributed by atoms with van der Waals surface area (Å²) in [5.41, 5.74) is 2.44. The fourth-order valence-corrected chi connectivity index (χ4v) is 3.47. The lowest BCUT2D eigenvalue weighted by atomic mass is 9.97. The number of methoxy groups -OCH3 is 1. The van der Waals surface area contributed by atoms with Crippen molar-refractivity contribution in [3.05, 3.63) is 54.6 Å². The molecule has 1 N–H and O–H groups in total.